The Labute approximate surface area is 156 Å². The Morgan fingerprint density at radius 1 is 1.22 bits per heavy atom. The van der Waals surface area contributed by atoms with Crippen molar-refractivity contribution in [3.63, 3.8) is 0 Å². The van der Waals surface area contributed by atoms with Gasteiger partial charge in [-0.25, -0.2) is 17.9 Å². The van der Waals surface area contributed by atoms with Gasteiger partial charge >= 0.3 is 0 Å². The number of hydrogen-bond acceptors (Lipinski definition) is 3. The predicted octanol–water partition coefficient (Wildman–Crippen LogP) is 2.68. The van der Waals surface area contributed by atoms with Gasteiger partial charge in [-0.2, -0.15) is 0 Å². The average molecular weight is 389 g/mol. The third kappa shape index (κ3) is 4.17. The highest BCUT2D eigenvalue weighted by Crippen LogP contribution is 2.24. The van der Waals surface area contributed by atoms with E-state index in [0.29, 0.717) is 5.39 Å². The second-order valence-corrected chi connectivity index (χ2v) is 8.06. The van der Waals surface area contributed by atoms with E-state index in [1.54, 1.807) is 25.1 Å². The monoisotopic (exact) mass is 389 g/mol. The van der Waals surface area contributed by atoms with Gasteiger partial charge in [-0.1, -0.05) is 12.1 Å². The molecule has 1 heterocycles. The molecule has 0 spiro atoms. The first-order valence-corrected chi connectivity index (χ1v) is 9.88. The van der Waals surface area contributed by atoms with Gasteiger partial charge in [0.2, 0.25) is 15.9 Å². The van der Waals surface area contributed by atoms with E-state index in [1.807, 2.05) is 6.92 Å². The molecule has 6 nitrogen and oxygen atoms in total. The first kappa shape index (κ1) is 19.1. The highest BCUT2D eigenvalue weighted by Gasteiger charge is 2.16. The molecule has 142 valence electrons. The zero-order valence-electron chi connectivity index (χ0n) is 14.9. The summed E-state index contributed by atoms with van der Waals surface area (Å²) in [5.74, 6) is -0.572. The molecule has 0 saturated carbocycles. The maximum absolute atomic E-state index is 13.5. The van der Waals surface area contributed by atoms with Crippen LogP contribution in [0.5, 0.6) is 0 Å². The van der Waals surface area contributed by atoms with Crippen molar-refractivity contribution in [1.29, 1.82) is 0 Å². The zero-order chi connectivity index (χ0) is 19.8. The van der Waals surface area contributed by atoms with Crippen molar-refractivity contribution in [2.24, 2.45) is 5.14 Å². The van der Waals surface area contributed by atoms with Crippen molar-refractivity contribution >= 4 is 26.8 Å². The maximum atomic E-state index is 13.5. The first-order chi connectivity index (χ1) is 12.6. The molecule has 1 amide bonds. The summed E-state index contributed by atoms with van der Waals surface area (Å²) in [6, 6.07) is 10.1. The number of sulfonamides is 1. The van der Waals surface area contributed by atoms with Crippen LogP contribution in [0.3, 0.4) is 0 Å². The molecule has 3 aromatic rings. The molecular formula is C19H20FN3O3S. The molecule has 3 rings (SSSR count). The molecule has 0 fully saturated rings. The second-order valence-electron chi connectivity index (χ2n) is 6.50. The van der Waals surface area contributed by atoms with Crippen LogP contribution in [0.4, 0.5) is 4.39 Å². The summed E-state index contributed by atoms with van der Waals surface area (Å²) in [7, 11) is -3.75. The minimum absolute atomic E-state index is 0.0150. The number of aryl methyl sites for hydroxylation is 1. The van der Waals surface area contributed by atoms with Gasteiger partial charge < -0.3 is 10.3 Å². The number of rotatable bonds is 5. The molecule has 0 radical (unpaired) electrons. The van der Waals surface area contributed by atoms with Crippen molar-refractivity contribution < 1.29 is 17.6 Å². The number of fused-ring (bicyclic) bond motifs is 1. The van der Waals surface area contributed by atoms with Crippen LogP contribution in [0.1, 0.15) is 29.8 Å². The number of nitrogens with two attached hydrogens (primary N) is 1. The Hall–Kier alpha value is -2.71. The number of primary sulfonamides is 1. The number of halogens is 1. The van der Waals surface area contributed by atoms with Crippen molar-refractivity contribution in [2.75, 3.05) is 0 Å². The van der Waals surface area contributed by atoms with Crippen LogP contribution in [-0.2, 0) is 21.2 Å². The van der Waals surface area contributed by atoms with Gasteiger partial charge in [0.05, 0.1) is 17.4 Å². The van der Waals surface area contributed by atoms with E-state index in [-0.39, 0.29) is 29.1 Å². The van der Waals surface area contributed by atoms with Crippen molar-refractivity contribution in [3.05, 3.63) is 65.1 Å². The summed E-state index contributed by atoms with van der Waals surface area (Å²) < 4.78 is 36.2. The SMILES string of the molecule is Cc1[nH]c2ccc(F)cc2c1CC(=O)NC(C)c1ccc(S(N)(=O)=O)cc1. The summed E-state index contributed by atoms with van der Waals surface area (Å²) >= 11 is 0. The van der Waals surface area contributed by atoms with Gasteiger partial charge in [-0.05, 0) is 55.3 Å². The number of aromatic amines is 1. The minimum atomic E-state index is -3.75. The van der Waals surface area contributed by atoms with E-state index in [1.165, 1.54) is 24.3 Å². The lowest BCUT2D eigenvalue weighted by Gasteiger charge is -2.15. The molecule has 0 aliphatic heterocycles. The van der Waals surface area contributed by atoms with Gasteiger partial charge in [-0.15, -0.1) is 0 Å². The topological polar surface area (TPSA) is 105 Å². The van der Waals surface area contributed by atoms with Gasteiger partial charge in [0, 0.05) is 16.6 Å². The van der Waals surface area contributed by atoms with Crippen molar-refractivity contribution in [2.45, 2.75) is 31.2 Å². The van der Waals surface area contributed by atoms with Crippen LogP contribution >= 0.6 is 0 Å². The smallest absolute Gasteiger partial charge is 0.238 e. The highest BCUT2D eigenvalue weighted by atomic mass is 32.2. The second kappa shape index (κ2) is 7.13. The van der Waals surface area contributed by atoms with Crippen LogP contribution in [-0.4, -0.2) is 19.3 Å². The minimum Gasteiger partial charge on any atom is -0.358 e. The van der Waals surface area contributed by atoms with Gasteiger partial charge in [0.15, 0.2) is 0 Å². The molecule has 4 N–H and O–H groups in total. The van der Waals surface area contributed by atoms with E-state index in [2.05, 4.69) is 10.3 Å². The maximum Gasteiger partial charge on any atom is 0.238 e. The standard InChI is InChI=1S/C19H20FN3O3S/c1-11(13-3-6-15(7-4-13)27(21,25)26)23-19(24)10-16-12(2)22-18-8-5-14(20)9-17(16)18/h3-9,11,22H,10H2,1-2H3,(H,23,24)(H2,21,25,26). The van der Waals surface area contributed by atoms with E-state index in [0.717, 1.165) is 22.3 Å². The van der Waals surface area contributed by atoms with Crippen LogP contribution < -0.4 is 10.5 Å². The average Bonchev–Trinajstić information content (AvgIpc) is 2.89. The number of benzene rings is 2. The molecule has 2 aromatic carbocycles. The normalized spacial score (nSPS) is 12.9. The van der Waals surface area contributed by atoms with Crippen molar-refractivity contribution in [3.8, 4) is 0 Å². The lowest BCUT2D eigenvalue weighted by atomic mass is 10.1. The Morgan fingerprint density at radius 3 is 2.52 bits per heavy atom. The fourth-order valence-electron chi connectivity index (χ4n) is 3.06. The fraction of sp³-hybridized carbons (Fsp3) is 0.211. The lowest BCUT2D eigenvalue weighted by molar-refractivity contribution is -0.121. The number of nitrogens with one attached hydrogen (secondary N) is 2. The summed E-state index contributed by atoms with van der Waals surface area (Å²) in [6.45, 7) is 3.64. The lowest BCUT2D eigenvalue weighted by Crippen LogP contribution is -2.28. The van der Waals surface area contributed by atoms with Gasteiger partial charge in [-0.3, -0.25) is 4.79 Å². The van der Waals surface area contributed by atoms with Crippen LogP contribution in [0.15, 0.2) is 47.4 Å². The number of carbonyl (C=O) groups excluding carboxylic acids is 1. The largest absolute Gasteiger partial charge is 0.358 e. The third-order valence-electron chi connectivity index (χ3n) is 4.51. The zero-order valence-corrected chi connectivity index (χ0v) is 15.7. The fourth-order valence-corrected chi connectivity index (χ4v) is 3.58. The molecule has 1 aromatic heterocycles. The number of amides is 1. The molecule has 1 unspecified atom stereocenters. The molecule has 0 aliphatic carbocycles. The van der Waals surface area contributed by atoms with E-state index < -0.39 is 10.0 Å². The molecule has 0 saturated heterocycles. The van der Waals surface area contributed by atoms with Crippen LogP contribution in [0.2, 0.25) is 0 Å². The summed E-state index contributed by atoms with van der Waals surface area (Å²) in [5.41, 5.74) is 3.09. The van der Waals surface area contributed by atoms with Gasteiger partial charge in [0.25, 0.3) is 0 Å². The quantitative estimate of drug-likeness (QED) is 0.625. The molecule has 8 heteroatoms. The number of H-pyrrole nitrogens is 1. The number of hydrogen-bond donors (Lipinski definition) is 3. The number of carbonyl (C=O) groups is 1. The molecule has 0 bridgehead atoms. The van der Waals surface area contributed by atoms with E-state index in [4.69, 9.17) is 5.14 Å². The molecule has 0 aliphatic rings. The summed E-state index contributed by atoms with van der Waals surface area (Å²) in [5, 5.41) is 8.64. The van der Waals surface area contributed by atoms with E-state index in [9.17, 15) is 17.6 Å². The Bertz CT molecular complexity index is 1110. The summed E-state index contributed by atoms with van der Waals surface area (Å²) in [4.78, 5) is 15.6. The first-order valence-electron chi connectivity index (χ1n) is 8.34. The predicted molar refractivity (Wildman–Crippen MR) is 101 cm³/mol. The van der Waals surface area contributed by atoms with Crippen LogP contribution in [0.25, 0.3) is 10.9 Å². The Kier molecular flexibility index (Phi) is 5.03. The molecular weight excluding hydrogens is 369 g/mol. The van der Waals surface area contributed by atoms with Crippen molar-refractivity contribution in [1.82, 2.24) is 10.3 Å². The molecule has 27 heavy (non-hydrogen) atoms. The molecule has 1 atom stereocenters. The highest BCUT2D eigenvalue weighted by molar-refractivity contribution is 7.89. The number of aromatic nitrogens is 1. The summed E-state index contributed by atoms with van der Waals surface area (Å²) in [6.07, 6.45) is 0.106. The Balaban J connectivity index is 1.74. The van der Waals surface area contributed by atoms with E-state index >= 15 is 0 Å². The third-order valence-corrected chi connectivity index (χ3v) is 5.43. The Morgan fingerprint density at radius 2 is 1.89 bits per heavy atom. The van der Waals surface area contributed by atoms with Crippen LogP contribution in [0, 0.1) is 12.7 Å². The van der Waals surface area contributed by atoms with Gasteiger partial charge in [0.1, 0.15) is 5.82 Å².